The van der Waals surface area contributed by atoms with E-state index in [-0.39, 0.29) is 18.4 Å². The third-order valence-electron chi connectivity index (χ3n) is 6.40. The maximum Gasteiger partial charge on any atom is 0.253 e. The Hall–Kier alpha value is -4.15. The molecule has 0 bridgehead atoms. The Morgan fingerprint density at radius 2 is 1.82 bits per heavy atom. The van der Waals surface area contributed by atoms with Crippen LogP contribution < -0.4 is 10.6 Å². The Kier molecular flexibility index (Phi) is 21.1. The molecule has 0 spiro atoms. The number of carbonyl (C=O) groups is 3. The van der Waals surface area contributed by atoms with Gasteiger partial charge in [-0.25, -0.2) is 4.98 Å². The molecule has 0 aliphatic heterocycles. The summed E-state index contributed by atoms with van der Waals surface area (Å²) in [6, 6.07) is 8.95. The number of amides is 2. The molecule has 1 aromatic carbocycles. The van der Waals surface area contributed by atoms with Gasteiger partial charge in [0, 0.05) is 43.2 Å². The van der Waals surface area contributed by atoms with E-state index in [4.69, 9.17) is 9.53 Å². The molecule has 3 rings (SSSR count). The first kappa shape index (κ1) is 40.9. The van der Waals surface area contributed by atoms with Crippen LogP contribution in [0.3, 0.4) is 0 Å². The molecule has 0 radical (unpaired) electrons. The number of ether oxygens (including phenoxy) is 1. The molecule has 0 fully saturated rings. The Labute approximate surface area is 273 Å². The number of aliphatic imine (C=N–C) groups is 1. The van der Waals surface area contributed by atoms with Crippen molar-refractivity contribution in [2.75, 3.05) is 19.0 Å². The standard InChI is InChI=1S/C23H26N4O3S.C6H11N.C5H12.CH2O/c1-5-15(2)16-7-6-8-17(11-16)20-14-31-23(25-20)26-22(29)19(13-30-4)24-21(28)18-9-10-27(3)12-18;1-4-5-6(2)7-3;1-4-5(2)3;1-2/h5-12,14,19H,13H2,1-4H3,(H,24,28)(H,25,26,29);5H,3-4H2,1-2H3;5H,4H2,1-3H3;1H2/b15-5+;6-5+;;. The summed E-state index contributed by atoms with van der Waals surface area (Å²) < 4.78 is 6.89. The lowest BCUT2D eigenvalue weighted by atomic mass is 10.0. The molecule has 2 N–H and O–H groups in total. The summed E-state index contributed by atoms with van der Waals surface area (Å²) in [6.07, 6.45) is 9.90. The van der Waals surface area contributed by atoms with Gasteiger partial charge in [0.25, 0.3) is 11.8 Å². The fraction of sp³-hybridized carbons (Fsp3) is 0.400. The van der Waals surface area contributed by atoms with Crippen molar-refractivity contribution in [3.8, 4) is 11.3 Å². The monoisotopic (exact) mass is 637 g/mol. The van der Waals surface area contributed by atoms with Crippen molar-refractivity contribution in [3.63, 3.8) is 0 Å². The first-order chi connectivity index (χ1) is 21.5. The molecule has 2 amide bonds. The number of benzene rings is 1. The number of hydrogen-bond acceptors (Lipinski definition) is 7. The van der Waals surface area contributed by atoms with Gasteiger partial charge in [-0.2, -0.15) is 0 Å². The molecule has 45 heavy (non-hydrogen) atoms. The summed E-state index contributed by atoms with van der Waals surface area (Å²) in [7, 11) is 3.31. The van der Waals surface area contributed by atoms with Crippen molar-refractivity contribution >= 4 is 47.4 Å². The second-order valence-corrected chi connectivity index (χ2v) is 11.2. The van der Waals surface area contributed by atoms with Gasteiger partial charge in [0.2, 0.25) is 0 Å². The number of nitrogens with zero attached hydrogens (tertiary/aromatic N) is 3. The Balaban J connectivity index is 0.00000116. The van der Waals surface area contributed by atoms with Crippen LogP contribution in [0.4, 0.5) is 5.13 Å². The summed E-state index contributed by atoms with van der Waals surface area (Å²) in [4.78, 5) is 41.4. The van der Waals surface area contributed by atoms with Gasteiger partial charge in [-0.3, -0.25) is 14.6 Å². The van der Waals surface area contributed by atoms with E-state index in [1.165, 1.54) is 30.4 Å². The smallest absolute Gasteiger partial charge is 0.253 e. The molecule has 0 saturated heterocycles. The number of aromatic nitrogens is 2. The molecule has 1 atom stereocenters. The Bertz CT molecular complexity index is 1370. The fourth-order valence-corrected chi connectivity index (χ4v) is 4.06. The predicted molar refractivity (Wildman–Crippen MR) is 190 cm³/mol. The summed E-state index contributed by atoms with van der Waals surface area (Å²) in [5.74, 6) is 0.161. The zero-order valence-corrected chi connectivity index (χ0v) is 29.2. The third kappa shape index (κ3) is 15.9. The Morgan fingerprint density at radius 1 is 1.16 bits per heavy atom. The lowest BCUT2D eigenvalue weighted by Gasteiger charge is -2.16. The van der Waals surface area contributed by atoms with E-state index in [2.05, 4.69) is 80.2 Å². The van der Waals surface area contributed by atoms with Crippen LogP contribution in [0.15, 0.2) is 70.9 Å². The van der Waals surface area contributed by atoms with E-state index in [0.29, 0.717) is 10.7 Å². The topological polar surface area (TPSA) is 115 Å². The molecule has 3 aromatic rings. The van der Waals surface area contributed by atoms with Gasteiger partial charge in [-0.15, -0.1) is 11.3 Å². The van der Waals surface area contributed by atoms with Crippen LogP contribution in [-0.2, 0) is 21.4 Å². The molecule has 2 heterocycles. The SMILES string of the molecule is C/C=C(\C)c1cccc(-c2csc(NC(=O)C(COC)NC(=O)c3ccn(C)c3)n2)c1.C=N/C(C)=C/CC.C=O.CCC(C)C. The van der Waals surface area contributed by atoms with Gasteiger partial charge in [0.1, 0.15) is 12.8 Å². The van der Waals surface area contributed by atoms with Gasteiger partial charge in [0.15, 0.2) is 5.13 Å². The number of thiazole rings is 1. The highest BCUT2D eigenvalue weighted by molar-refractivity contribution is 7.14. The fourth-order valence-electron chi connectivity index (χ4n) is 3.34. The third-order valence-corrected chi connectivity index (χ3v) is 7.15. The quantitative estimate of drug-likeness (QED) is 0.208. The summed E-state index contributed by atoms with van der Waals surface area (Å²) in [6.45, 7) is 20.1. The minimum absolute atomic E-state index is 0.0489. The number of anilines is 1. The van der Waals surface area contributed by atoms with Crippen LogP contribution >= 0.6 is 11.3 Å². The first-order valence-electron chi connectivity index (χ1n) is 14.8. The minimum Gasteiger partial charge on any atom is -0.382 e. The van der Waals surface area contributed by atoms with E-state index in [9.17, 15) is 9.59 Å². The van der Waals surface area contributed by atoms with Crippen LogP contribution in [0.5, 0.6) is 0 Å². The second-order valence-electron chi connectivity index (χ2n) is 10.3. The lowest BCUT2D eigenvalue weighted by Crippen LogP contribution is -2.46. The molecule has 10 heteroatoms. The normalized spacial score (nSPS) is 11.5. The minimum atomic E-state index is -0.842. The summed E-state index contributed by atoms with van der Waals surface area (Å²) in [5, 5.41) is 7.86. The maximum absolute atomic E-state index is 12.8. The predicted octanol–water partition coefficient (Wildman–Crippen LogP) is 7.82. The molecular formula is C35H51N5O4S. The molecule has 0 aliphatic carbocycles. The second kappa shape index (κ2) is 23.3. The first-order valence-corrected chi connectivity index (χ1v) is 15.7. The zero-order valence-electron chi connectivity index (χ0n) is 28.3. The van der Waals surface area contributed by atoms with Gasteiger partial charge in [-0.05, 0) is 63.1 Å². The molecule has 9 nitrogen and oxygen atoms in total. The van der Waals surface area contributed by atoms with Crippen molar-refractivity contribution in [1.82, 2.24) is 14.9 Å². The molecular weight excluding hydrogens is 586 g/mol. The molecule has 246 valence electrons. The molecule has 1 unspecified atom stereocenters. The maximum atomic E-state index is 12.8. The van der Waals surface area contributed by atoms with Crippen LogP contribution in [0.1, 0.15) is 77.2 Å². The van der Waals surface area contributed by atoms with Crippen LogP contribution in [0.2, 0.25) is 0 Å². The van der Waals surface area contributed by atoms with E-state index in [0.717, 1.165) is 34.9 Å². The average Bonchev–Trinajstić information content (AvgIpc) is 3.71. The van der Waals surface area contributed by atoms with Crippen LogP contribution in [0, 0.1) is 5.92 Å². The van der Waals surface area contributed by atoms with Crippen LogP contribution in [0.25, 0.3) is 16.8 Å². The average molecular weight is 638 g/mol. The summed E-state index contributed by atoms with van der Waals surface area (Å²) >= 11 is 1.33. The van der Waals surface area contributed by atoms with Crippen molar-refractivity contribution in [2.24, 2.45) is 18.0 Å². The van der Waals surface area contributed by atoms with Crippen molar-refractivity contribution < 1.29 is 19.1 Å². The van der Waals surface area contributed by atoms with E-state index in [1.54, 1.807) is 23.0 Å². The van der Waals surface area contributed by atoms with Crippen molar-refractivity contribution in [1.29, 1.82) is 0 Å². The van der Waals surface area contributed by atoms with E-state index >= 15 is 0 Å². The highest BCUT2D eigenvalue weighted by Crippen LogP contribution is 2.27. The molecule has 0 aliphatic rings. The number of allylic oxidation sites excluding steroid dienone is 4. The zero-order chi connectivity index (χ0) is 34.4. The largest absolute Gasteiger partial charge is 0.382 e. The number of carbonyl (C=O) groups excluding carboxylic acids is 3. The van der Waals surface area contributed by atoms with Crippen LogP contribution in [-0.4, -0.2) is 54.6 Å². The highest BCUT2D eigenvalue weighted by Gasteiger charge is 2.23. The van der Waals surface area contributed by atoms with Crippen molar-refractivity contribution in [3.05, 3.63) is 77.1 Å². The van der Waals surface area contributed by atoms with Gasteiger partial charge >= 0.3 is 0 Å². The highest BCUT2D eigenvalue weighted by atomic mass is 32.1. The summed E-state index contributed by atoms with van der Waals surface area (Å²) in [5.41, 5.74) is 5.56. The molecule has 2 aromatic heterocycles. The lowest BCUT2D eigenvalue weighted by molar-refractivity contribution is -0.119. The Morgan fingerprint density at radius 3 is 2.31 bits per heavy atom. The number of hydrogen-bond donors (Lipinski definition) is 2. The van der Waals surface area contributed by atoms with Gasteiger partial charge < -0.3 is 24.7 Å². The van der Waals surface area contributed by atoms with Gasteiger partial charge in [0.05, 0.1) is 17.9 Å². The number of nitrogens with one attached hydrogen (secondary N) is 2. The van der Waals surface area contributed by atoms with Gasteiger partial charge in [-0.1, -0.05) is 64.5 Å². The number of rotatable bonds is 11. The van der Waals surface area contributed by atoms with E-state index in [1.807, 2.05) is 51.3 Å². The van der Waals surface area contributed by atoms with Crippen molar-refractivity contribution in [2.45, 2.75) is 67.3 Å². The van der Waals surface area contributed by atoms with E-state index < -0.39 is 6.04 Å². The number of aryl methyl sites for hydroxylation is 1. The molecule has 0 saturated carbocycles. The number of methoxy groups -OCH3 is 1.